The minimum Gasteiger partial charge on any atom is -0.668 e. The molecule has 10 heteroatoms. The molecule has 3 nitrogen and oxygen atoms in total. The van der Waals surface area contributed by atoms with Crippen molar-refractivity contribution in [2.45, 2.75) is 118 Å². The molecule has 0 atom stereocenters. The maximum atomic E-state index is 4.82. The van der Waals surface area contributed by atoms with Crippen molar-refractivity contribution in [2.24, 2.45) is 0 Å². The first-order valence-electron chi connectivity index (χ1n) is 10.3. The van der Waals surface area contributed by atoms with Crippen LogP contribution in [0.15, 0.2) is 0 Å². The molecule has 0 aromatic heterocycles. The van der Waals surface area contributed by atoms with Crippen molar-refractivity contribution in [2.75, 3.05) is 0 Å². The van der Waals surface area contributed by atoms with Crippen molar-refractivity contribution in [1.82, 2.24) is 0 Å². The minimum atomic E-state index is -1.11. The summed E-state index contributed by atoms with van der Waals surface area (Å²) in [5.41, 5.74) is 0. The maximum Gasteiger partial charge on any atom is 3.00 e. The van der Waals surface area contributed by atoms with Crippen LogP contribution in [0.1, 0.15) is 0 Å². The first kappa shape index (κ1) is 37.2. The van der Waals surface area contributed by atoms with E-state index in [1.807, 2.05) is 0 Å². The molecule has 0 aliphatic carbocycles. The Bertz CT molecular complexity index is 297. The molecule has 0 saturated heterocycles. The van der Waals surface area contributed by atoms with Gasteiger partial charge < -0.3 is 13.9 Å². The predicted molar refractivity (Wildman–Crippen MR) is 150 cm³/mol. The Morgan fingerprint density at radius 1 is 0.250 bits per heavy atom. The molecule has 0 N–H and O–H groups in total. The SMILES string of the molecule is C[Si](C)(C)[N-][Si](C)(C)C.C[Si](C)(C)[N-][Si](C)(C)C.C[Si](C)(C)[N-][Si](C)(C)C.[Au+3]. The van der Waals surface area contributed by atoms with Crippen molar-refractivity contribution < 1.29 is 22.4 Å². The molecule has 0 heterocycles. The zero-order chi connectivity index (χ0) is 23.1. The molecule has 0 aromatic rings. The summed E-state index contributed by atoms with van der Waals surface area (Å²) >= 11 is 0. The van der Waals surface area contributed by atoms with E-state index in [1.54, 1.807) is 0 Å². The first-order chi connectivity index (χ1) is 11.1. The van der Waals surface area contributed by atoms with Gasteiger partial charge in [-0.25, -0.2) is 0 Å². The van der Waals surface area contributed by atoms with Crippen molar-refractivity contribution in [3.8, 4) is 0 Å². The topological polar surface area (TPSA) is 42.3 Å². The van der Waals surface area contributed by atoms with Crippen LogP contribution >= 0.6 is 0 Å². The van der Waals surface area contributed by atoms with Gasteiger partial charge in [-0.15, -0.1) is 0 Å². The van der Waals surface area contributed by atoms with Gasteiger partial charge in [-0.3, -0.25) is 0 Å². The predicted octanol–water partition coefficient (Wildman–Crippen LogP) is 9.09. The van der Waals surface area contributed by atoms with Gasteiger partial charge in [0.1, 0.15) is 0 Å². The summed E-state index contributed by atoms with van der Waals surface area (Å²) in [7, 11) is -6.64. The van der Waals surface area contributed by atoms with Crippen LogP contribution in [0.3, 0.4) is 0 Å². The zero-order valence-corrected chi connectivity index (χ0v) is 30.8. The number of nitrogens with zero attached hydrogens (tertiary/aromatic N) is 3. The Labute approximate surface area is 202 Å². The fourth-order valence-electron chi connectivity index (χ4n) is 3.02. The van der Waals surface area contributed by atoms with Crippen LogP contribution in [0, 0.1) is 0 Å². The molecule has 28 heavy (non-hydrogen) atoms. The molecule has 0 aliphatic heterocycles. The monoisotopic (exact) mass is 677 g/mol. The Morgan fingerprint density at radius 2 is 0.321 bits per heavy atom. The van der Waals surface area contributed by atoms with E-state index < -0.39 is 49.4 Å². The van der Waals surface area contributed by atoms with Crippen molar-refractivity contribution in [3.05, 3.63) is 13.9 Å². The van der Waals surface area contributed by atoms with Crippen molar-refractivity contribution >= 4 is 49.4 Å². The number of rotatable bonds is 6. The molecule has 0 saturated carbocycles. The summed E-state index contributed by atoms with van der Waals surface area (Å²) in [5.74, 6) is 0. The molecule has 0 amide bonds. The van der Waals surface area contributed by atoms with Gasteiger partial charge in [-0.05, 0) is 0 Å². The third-order valence-electron chi connectivity index (χ3n) is 2.01. The van der Waals surface area contributed by atoms with E-state index in [0.29, 0.717) is 0 Å². The van der Waals surface area contributed by atoms with E-state index in [1.165, 1.54) is 0 Å². The molecular weight excluding hydrogens is 624 g/mol. The fraction of sp³-hybridized carbons (Fsp3) is 1.00. The molecule has 0 bridgehead atoms. The second kappa shape index (κ2) is 13.5. The summed E-state index contributed by atoms with van der Waals surface area (Å²) in [6.45, 7) is 41.3. The van der Waals surface area contributed by atoms with Gasteiger partial charge in [-0.1, -0.05) is 167 Å². The average Bonchev–Trinajstić information content (AvgIpc) is 1.96. The van der Waals surface area contributed by atoms with Crippen molar-refractivity contribution in [1.29, 1.82) is 0 Å². The summed E-state index contributed by atoms with van der Waals surface area (Å²) in [6, 6.07) is 0. The quantitative estimate of drug-likeness (QED) is 0.252. The minimum absolute atomic E-state index is 0. The molecule has 0 unspecified atom stereocenters. The van der Waals surface area contributed by atoms with Crippen LogP contribution in [0.2, 0.25) is 118 Å². The third-order valence-corrected chi connectivity index (χ3v) is 18.1. The largest absolute Gasteiger partial charge is 3.00 e. The fourth-order valence-corrected chi connectivity index (χ4v) is 27.2. The smallest absolute Gasteiger partial charge is 0.668 e. The van der Waals surface area contributed by atoms with Gasteiger partial charge in [0.15, 0.2) is 0 Å². The third kappa shape index (κ3) is 51.0. The van der Waals surface area contributed by atoms with Crippen LogP contribution in [0.25, 0.3) is 13.9 Å². The average molecular weight is 678 g/mol. The van der Waals surface area contributed by atoms with Crippen LogP contribution in [-0.2, 0) is 22.4 Å². The summed E-state index contributed by atoms with van der Waals surface area (Å²) in [4.78, 5) is 0. The summed E-state index contributed by atoms with van der Waals surface area (Å²) in [5, 5.41) is 0. The van der Waals surface area contributed by atoms with E-state index in [-0.39, 0.29) is 22.4 Å². The van der Waals surface area contributed by atoms with Gasteiger partial charge in [0.05, 0.1) is 0 Å². The van der Waals surface area contributed by atoms with Gasteiger partial charge in [0.2, 0.25) is 0 Å². The number of hydrogen-bond donors (Lipinski definition) is 0. The van der Waals surface area contributed by atoms with Crippen LogP contribution in [0.4, 0.5) is 0 Å². The van der Waals surface area contributed by atoms with Crippen LogP contribution in [-0.4, -0.2) is 49.4 Å². The van der Waals surface area contributed by atoms with Gasteiger partial charge in [0.25, 0.3) is 0 Å². The van der Waals surface area contributed by atoms with Crippen molar-refractivity contribution in [3.63, 3.8) is 0 Å². The second-order valence-corrected chi connectivity index (χ2v) is 42.1. The zero-order valence-electron chi connectivity index (χ0n) is 22.6. The standard InChI is InChI=1S/3C6H18NSi2.Au/c3*1-8(2,3)7-9(4,5)6;/h3*1-6H3;/q3*-1;+3. The van der Waals surface area contributed by atoms with E-state index in [4.69, 9.17) is 13.9 Å². The Morgan fingerprint density at radius 3 is 0.321 bits per heavy atom. The molecule has 0 radical (unpaired) electrons. The van der Waals surface area contributed by atoms with Crippen LogP contribution < -0.4 is 0 Å². The Hall–Kier alpha value is 1.92. The summed E-state index contributed by atoms with van der Waals surface area (Å²) in [6.07, 6.45) is 0. The van der Waals surface area contributed by atoms with E-state index >= 15 is 0 Å². The molecule has 176 valence electrons. The normalized spacial score (nSPS) is 13.5. The Kier molecular flexibility index (Phi) is 17.9. The molecule has 0 spiro atoms. The van der Waals surface area contributed by atoms with Gasteiger partial charge in [-0.2, -0.15) is 0 Å². The van der Waals surface area contributed by atoms with E-state index in [9.17, 15) is 0 Å². The molecule has 0 fully saturated rings. The Balaban J connectivity index is -0.000000152. The molecule has 0 aliphatic rings. The molecule has 0 aromatic carbocycles. The molecular formula is C18H54AuN3Si6. The first-order valence-corrected chi connectivity index (χ1v) is 31.0. The second-order valence-electron chi connectivity index (χ2n) is 13.4. The van der Waals surface area contributed by atoms with E-state index in [2.05, 4.69) is 118 Å². The van der Waals surface area contributed by atoms with Crippen LogP contribution in [0.5, 0.6) is 0 Å². The van der Waals surface area contributed by atoms with Gasteiger partial charge >= 0.3 is 22.4 Å². The maximum absolute atomic E-state index is 4.82. The molecule has 0 rings (SSSR count). The summed E-state index contributed by atoms with van der Waals surface area (Å²) < 4.78 is 14.5. The number of hydrogen-bond acceptors (Lipinski definition) is 0. The van der Waals surface area contributed by atoms with Gasteiger partial charge in [0, 0.05) is 0 Å². The van der Waals surface area contributed by atoms with E-state index in [0.717, 1.165) is 0 Å².